The zero-order valence-corrected chi connectivity index (χ0v) is 12.5. The van der Waals surface area contributed by atoms with Crippen LogP contribution in [0.15, 0.2) is 24.4 Å². The number of anilines is 1. The summed E-state index contributed by atoms with van der Waals surface area (Å²) in [6, 6.07) is 4.18. The Kier molecular flexibility index (Phi) is 4.34. The first-order valence-electron chi connectivity index (χ1n) is 5.33. The zero-order chi connectivity index (χ0) is 13.1. The van der Waals surface area contributed by atoms with Crippen LogP contribution < -0.4 is 5.32 Å². The second kappa shape index (κ2) is 5.79. The number of nitrogens with zero attached hydrogens (tertiary/aromatic N) is 2. The van der Waals surface area contributed by atoms with Crippen molar-refractivity contribution in [3.63, 3.8) is 0 Å². The van der Waals surface area contributed by atoms with Gasteiger partial charge in [0.05, 0.1) is 8.59 Å². The fourth-order valence-electron chi connectivity index (χ4n) is 1.46. The second-order valence-electron chi connectivity index (χ2n) is 3.54. The van der Waals surface area contributed by atoms with E-state index in [1.54, 1.807) is 12.3 Å². The number of hydrogen-bond acceptors (Lipinski definition) is 3. The summed E-state index contributed by atoms with van der Waals surface area (Å²) in [5, 5.41) is 3.45. The van der Waals surface area contributed by atoms with Gasteiger partial charge in [-0.15, -0.1) is 0 Å². The Bertz CT molecular complexity index is 577. The first kappa shape index (κ1) is 13.5. The standard InChI is InChI=1S/C12H10ClFIN3/c1-2-16-12-10(15)6-17-11(18-12)8-4-3-7(14)5-9(8)13/h3-6H,2H2,1H3,(H,16,17,18). The fraction of sp³-hybridized carbons (Fsp3) is 0.167. The summed E-state index contributed by atoms with van der Waals surface area (Å²) in [5.74, 6) is 0.862. The van der Waals surface area contributed by atoms with Gasteiger partial charge in [0.1, 0.15) is 11.6 Å². The van der Waals surface area contributed by atoms with Gasteiger partial charge in [-0.05, 0) is 47.7 Å². The van der Waals surface area contributed by atoms with Crippen molar-refractivity contribution in [1.82, 2.24) is 9.97 Å². The number of rotatable bonds is 3. The lowest BCUT2D eigenvalue weighted by Gasteiger charge is -2.08. The minimum atomic E-state index is -0.374. The number of nitrogens with one attached hydrogen (secondary N) is 1. The van der Waals surface area contributed by atoms with E-state index < -0.39 is 0 Å². The second-order valence-corrected chi connectivity index (χ2v) is 5.11. The molecule has 0 atom stereocenters. The molecule has 0 saturated carbocycles. The summed E-state index contributed by atoms with van der Waals surface area (Å²) in [7, 11) is 0. The molecule has 0 amide bonds. The van der Waals surface area contributed by atoms with Crippen molar-refractivity contribution in [2.75, 3.05) is 11.9 Å². The maximum absolute atomic E-state index is 13.0. The molecule has 1 N–H and O–H groups in total. The molecule has 1 aromatic heterocycles. The van der Waals surface area contributed by atoms with Gasteiger partial charge in [0.25, 0.3) is 0 Å². The molecule has 0 radical (unpaired) electrons. The van der Waals surface area contributed by atoms with Gasteiger partial charge in [-0.1, -0.05) is 11.6 Å². The van der Waals surface area contributed by atoms with E-state index in [0.717, 1.165) is 15.9 Å². The van der Waals surface area contributed by atoms with Crippen molar-refractivity contribution in [2.24, 2.45) is 0 Å². The molecule has 94 valence electrons. The molecule has 1 heterocycles. The predicted molar refractivity (Wildman–Crippen MR) is 79.3 cm³/mol. The first-order valence-corrected chi connectivity index (χ1v) is 6.79. The average Bonchev–Trinajstić information content (AvgIpc) is 2.33. The summed E-state index contributed by atoms with van der Waals surface area (Å²) >= 11 is 8.14. The first-order chi connectivity index (χ1) is 8.61. The Balaban J connectivity index is 2.47. The summed E-state index contributed by atoms with van der Waals surface area (Å²) in [6.45, 7) is 2.76. The Hall–Kier alpha value is -0.950. The largest absolute Gasteiger partial charge is 0.369 e. The fourth-order valence-corrected chi connectivity index (χ4v) is 2.16. The third kappa shape index (κ3) is 2.89. The van der Waals surface area contributed by atoms with Crippen molar-refractivity contribution >= 4 is 40.0 Å². The third-order valence-electron chi connectivity index (χ3n) is 2.26. The number of halogens is 3. The smallest absolute Gasteiger partial charge is 0.163 e. The molecular formula is C12H10ClFIN3. The quantitative estimate of drug-likeness (QED) is 0.823. The Morgan fingerprint density at radius 1 is 1.44 bits per heavy atom. The van der Waals surface area contributed by atoms with E-state index in [1.807, 2.05) is 6.92 Å². The Labute approximate surface area is 123 Å². The van der Waals surface area contributed by atoms with Crippen LogP contribution in [0.1, 0.15) is 6.92 Å². The highest BCUT2D eigenvalue weighted by atomic mass is 127. The van der Waals surface area contributed by atoms with Crippen LogP contribution in [-0.4, -0.2) is 16.5 Å². The van der Waals surface area contributed by atoms with Crippen LogP contribution in [0.2, 0.25) is 5.02 Å². The van der Waals surface area contributed by atoms with Crippen LogP contribution in [-0.2, 0) is 0 Å². The molecule has 6 heteroatoms. The SMILES string of the molecule is CCNc1nc(-c2ccc(F)cc2Cl)ncc1I. The zero-order valence-electron chi connectivity index (χ0n) is 9.54. The normalized spacial score (nSPS) is 10.4. The minimum Gasteiger partial charge on any atom is -0.369 e. The summed E-state index contributed by atoms with van der Waals surface area (Å²) in [6.07, 6.45) is 1.71. The van der Waals surface area contributed by atoms with Crippen molar-refractivity contribution < 1.29 is 4.39 Å². The van der Waals surface area contributed by atoms with Crippen LogP contribution in [0.3, 0.4) is 0 Å². The van der Waals surface area contributed by atoms with Crippen LogP contribution >= 0.6 is 34.2 Å². The van der Waals surface area contributed by atoms with E-state index in [4.69, 9.17) is 11.6 Å². The van der Waals surface area contributed by atoms with Gasteiger partial charge in [-0.2, -0.15) is 0 Å². The Morgan fingerprint density at radius 2 is 2.22 bits per heavy atom. The van der Waals surface area contributed by atoms with E-state index in [9.17, 15) is 4.39 Å². The topological polar surface area (TPSA) is 37.8 Å². The van der Waals surface area contributed by atoms with Gasteiger partial charge < -0.3 is 5.32 Å². The highest BCUT2D eigenvalue weighted by molar-refractivity contribution is 14.1. The third-order valence-corrected chi connectivity index (χ3v) is 3.36. The highest BCUT2D eigenvalue weighted by Crippen LogP contribution is 2.27. The number of aromatic nitrogens is 2. The molecule has 2 rings (SSSR count). The van der Waals surface area contributed by atoms with E-state index in [0.29, 0.717) is 16.4 Å². The van der Waals surface area contributed by atoms with Crippen molar-refractivity contribution in [3.05, 3.63) is 38.8 Å². The highest BCUT2D eigenvalue weighted by Gasteiger charge is 2.10. The molecule has 0 bridgehead atoms. The maximum Gasteiger partial charge on any atom is 0.163 e. The van der Waals surface area contributed by atoms with Gasteiger partial charge in [0.15, 0.2) is 5.82 Å². The summed E-state index contributed by atoms with van der Waals surface area (Å²) in [4.78, 5) is 8.60. The van der Waals surface area contributed by atoms with Crippen LogP contribution in [0.5, 0.6) is 0 Å². The maximum atomic E-state index is 13.0. The van der Waals surface area contributed by atoms with Crippen LogP contribution in [0.25, 0.3) is 11.4 Å². The van der Waals surface area contributed by atoms with Crippen molar-refractivity contribution in [1.29, 1.82) is 0 Å². The van der Waals surface area contributed by atoms with Gasteiger partial charge in [0.2, 0.25) is 0 Å². The lowest BCUT2D eigenvalue weighted by molar-refractivity contribution is 0.628. The predicted octanol–water partition coefficient (Wildman–Crippen LogP) is 3.97. The van der Waals surface area contributed by atoms with E-state index in [1.165, 1.54) is 12.1 Å². The number of benzene rings is 1. The van der Waals surface area contributed by atoms with Gasteiger partial charge >= 0.3 is 0 Å². The molecule has 18 heavy (non-hydrogen) atoms. The number of hydrogen-bond donors (Lipinski definition) is 1. The van der Waals surface area contributed by atoms with Crippen LogP contribution in [0, 0.1) is 9.39 Å². The van der Waals surface area contributed by atoms with Gasteiger partial charge in [-0.3, -0.25) is 0 Å². The molecular weight excluding hydrogens is 368 g/mol. The van der Waals surface area contributed by atoms with Gasteiger partial charge in [0, 0.05) is 18.3 Å². The molecule has 3 nitrogen and oxygen atoms in total. The van der Waals surface area contributed by atoms with E-state index >= 15 is 0 Å². The van der Waals surface area contributed by atoms with Crippen molar-refractivity contribution in [2.45, 2.75) is 6.92 Å². The molecule has 0 aliphatic carbocycles. The van der Waals surface area contributed by atoms with Gasteiger partial charge in [-0.25, -0.2) is 14.4 Å². The molecule has 1 aromatic carbocycles. The average molecular weight is 378 g/mol. The summed E-state index contributed by atoms with van der Waals surface area (Å²) in [5.41, 5.74) is 0.619. The lowest BCUT2D eigenvalue weighted by Crippen LogP contribution is -2.03. The van der Waals surface area contributed by atoms with Crippen LogP contribution in [0.4, 0.5) is 10.2 Å². The monoisotopic (exact) mass is 377 g/mol. The molecule has 0 spiro atoms. The molecule has 0 fully saturated rings. The Morgan fingerprint density at radius 3 is 2.89 bits per heavy atom. The molecule has 0 saturated heterocycles. The minimum absolute atomic E-state index is 0.304. The molecule has 0 aliphatic heterocycles. The molecule has 0 aliphatic rings. The lowest BCUT2D eigenvalue weighted by atomic mass is 10.2. The van der Waals surface area contributed by atoms with Crippen molar-refractivity contribution in [3.8, 4) is 11.4 Å². The molecule has 0 unspecified atom stereocenters. The summed E-state index contributed by atoms with van der Waals surface area (Å²) < 4.78 is 13.9. The van der Waals surface area contributed by atoms with E-state index in [-0.39, 0.29) is 5.82 Å². The van der Waals surface area contributed by atoms with E-state index in [2.05, 4.69) is 37.9 Å². The molecule has 2 aromatic rings.